The molecule has 1 aromatic carbocycles. The number of esters is 1. The number of methoxy groups -OCH3 is 2. The Bertz CT molecular complexity index is 1160. The van der Waals surface area contributed by atoms with Crippen LogP contribution in [0.2, 0.25) is 0 Å². The highest BCUT2D eigenvalue weighted by Crippen LogP contribution is 2.45. The normalized spacial score (nSPS) is 17.6. The largest absolute Gasteiger partial charge is 0.497 e. The predicted octanol–water partition coefficient (Wildman–Crippen LogP) is 0.469. The molecule has 0 saturated heterocycles. The highest BCUT2D eigenvalue weighted by atomic mass is 16.5. The van der Waals surface area contributed by atoms with Crippen molar-refractivity contribution >= 4 is 11.8 Å². The zero-order valence-electron chi connectivity index (χ0n) is 15.9. The summed E-state index contributed by atoms with van der Waals surface area (Å²) in [5.74, 6) is 0.0860. The minimum atomic E-state index is -0.767. The van der Waals surface area contributed by atoms with E-state index in [-0.39, 0.29) is 12.2 Å². The molecule has 9 heteroatoms. The molecule has 0 bridgehead atoms. The van der Waals surface area contributed by atoms with Gasteiger partial charge in [0.15, 0.2) is 0 Å². The van der Waals surface area contributed by atoms with E-state index in [2.05, 4.69) is 5.32 Å². The van der Waals surface area contributed by atoms with Crippen LogP contribution in [-0.2, 0) is 23.6 Å². The van der Waals surface area contributed by atoms with Gasteiger partial charge in [0.05, 0.1) is 37.0 Å². The Labute approximate surface area is 159 Å². The van der Waals surface area contributed by atoms with E-state index in [9.17, 15) is 14.4 Å². The molecule has 3 heterocycles. The number of anilines is 1. The van der Waals surface area contributed by atoms with Crippen LogP contribution in [0.25, 0.3) is 0 Å². The van der Waals surface area contributed by atoms with Crippen LogP contribution in [0.1, 0.15) is 17.0 Å². The SMILES string of the molecule is COc1ccc(OC)c([C@H]2C3=C(COC3=O)Nc3c2c(=O)n(C)c(=O)n3C)c1. The van der Waals surface area contributed by atoms with Gasteiger partial charge in [-0.3, -0.25) is 13.9 Å². The van der Waals surface area contributed by atoms with Crippen molar-refractivity contribution in [2.75, 3.05) is 26.1 Å². The van der Waals surface area contributed by atoms with Crippen LogP contribution in [-0.4, -0.2) is 35.9 Å². The first-order valence-corrected chi connectivity index (χ1v) is 8.58. The molecule has 2 aromatic rings. The van der Waals surface area contributed by atoms with Crippen molar-refractivity contribution < 1.29 is 19.0 Å². The maximum absolute atomic E-state index is 13.1. The summed E-state index contributed by atoms with van der Waals surface area (Å²) in [6, 6.07) is 5.16. The molecular weight excluding hydrogens is 366 g/mol. The number of carbonyl (C=O) groups is 1. The van der Waals surface area contributed by atoms with Crippen LogP contribution in [0.4, 0.5) is 5.82 Å². The molecule has 0 radical (unpaired) electrons. The van der Waals surface area contributed by atoms with E-state index in [0.717, 1.165) is 4.57 Å². The summed E-state index contributed by atoms with van der Waals surface area (Å²) in [6.07, 6.45) is 0. The van der Waals surface area contributed by atoms with Gasteiger partial charge in [0.1, 0.15) is 23.9 Å². The smallest absolute Gasteiger partial charge is 0.337 e. The number of hydrogen-bond donors (Lipinski definition) is 1. The fourth-order valence-electron chi connectivity index (χ4n) is 3.76. The van der Waals surface area contributed by atoms with E-state index in [0.29, 0.717) is 34.2 Å². The zero-order chi connectivity index (χ0) is 20.2. The lowest BCUT2D eigenvalue weighted by atomic mass is 9.82. The highest BCUT2D eigenvalue weighted by Gasteiger charge is 2.42. The fourth-order valence-corrected chi connectivity index (χ4v) is 3.76. The van der Waals surface area contributed by atoms with Crippen molar-refractivity contribution in [2.45, 2.75) is 5.92 Å². The number of nitrogens with zero attached hydrogens (tertiary/aromatic N) is 2. The van der Waals surface area contributed by atoms with Gasteiger partial charge in [-0.05, 0) is 18.2 Å². The number of hydrogen-bond acceptors (Lipinski definition) is 7. The van der Waals surface area contributed by atoms with Crippen molar-refractivity contribution in [2.24, 2.45) is 14.1 Å². The van der Waals surface area contributed by atoms with Crippen molar-refractivity contribution in [3.8, 4) is 11.5 Å². The first-order chi connectivity index (χ1) is 13.4. The summed E-state index contributed by atoms with van der Waals surface area (Å²) in [7, 11) is 6.01. The van der Waals surface area contributed by atoms with Crippen molar-refractivity contribution in [1.29, 1.82) is 0 Å². The summed E-state index contributed by atoms with van der Waals surface area (Å²) < 4.78 is 18.4. The first kappa shape index (κ1) is 17.9. The maximum atomic E-state index is 13.1. The summed E-state index contributed by atoms with van der Waals surface area (Å²) in [5, 5.41) is 3.04. The number of aromatic nitrogens is 2. The Kier molecular flexibility index (Phi) is 4.02. The van der Waals surface area contributed by atoms with Gasteiger partial charge in [-0.25, -0.2) is 9.59 Å². The number of fused-ring (bicyclic) bond motifs is 1. The molecular formula is C19H19N3O6. The standard InChI is InChI=1S/C19H19N3O6/c1-21-16-15(17(23)22(2)19(21)25)13(14-11(20-16)8-28-18(14)24)10-7-9(26-3)5-6-12(10)27-4/h5-7,13,20H,8H2,1-4H3/t13-/m0/s1. The van der Waals surface area contributed by atoms with Gasteiger partial charge in [0.2, 0.25) is 0 Å². The Balaban J connectivity index is 2.11. The monoisotopic (exact) mass is 385 g/mol. The lowest BCUT2D eigenvalue weighted by molar-refractivity contribution is -0.136. The Morgan fingerprint density at radius 1 is 1.11 bits per heavy atom. The predicted molar refractivity (Wildman–Crippen MR) is 99.9 cm³/mol. The molecule has 9 nitrogen and oxygen atoms in total. The number of benzene rings is 1. The van der Waals surface area contributed by atoms with Gasteiger partial charge in [-0.2, -0.15) is 0 Å². The third-order valence-corrected chi connectivity index (χ3v) is 5.19. The molecule has 0 unspecified atom stereocenters. The third kappa shape index (κ3) is 2.35. The van der Waals surface area contributed by atoms with E-state index in [4.69, 9.17) is 14.2 Å². The van der Waals surface area contributed by atoms with Crippen molar-refractivity contribution in [1.82, 2.24) is 9.13 Å². The molecule has 2 aliphatic rings. The van der Waals surface area contributed by atoms with Gasteiger partial charge in [0, 0.05) is 19.7 Å². The molecule has 146 valence electrons. The Morgan fingerprint density at radius 2 is 1.86 bits per heavy atom. The average molecular weight is 385 g/mol. The average Bonchev–Trinajstić information content (AvgIpc) is 3.09. The number of carbonyl (C=O) groups excluding carboxylic acids is 1. The summed E-state index contributed by atoms with van der Waals surface area (Å²) in [5.41, 5.74) is 0.736. The topological polar surface area (TPSA) is 101 Å². The molecule has 28 heavy (non-hydrogen) atoms. The van der Waals surface area contributed by atoms with Gasteiger partial charge in [0.25, 0.3) is 5.56 Å². The van der Waals surface area contributed by atoms with E-state index < -0.39 is 23.1 Å². The molecule has 2 aliphatic heterocycles. The molecule has 1 atom stereocenters. The zero-order valence-corrected chi connectivity index (χ0v) is 15.9. The van der Waals surface area contributed by atoms with Crippen LogP contribution in [0.5, 0.6) is 11.5 Å². The Morgan fingerprint density at radius 3 is 2.54 bits per heavy atom. The number of ether oxygens (including phenoxy) is 3. The van der Waals surface area contributed by atoms with Crippen molar-refractivity contribution in [3.05, 3.63) is 61.4 Å². The van der Waals surface area contributed by atoms with E-state index in [1.165, 1.54) is 25.8 Å². The number of cyclic esters (lactones) is 1. The lowest BCUT2D eigenvalue weighted by Crippen LogP contribution is -2.43. The van der Waals surface area contributed by atoms with Crippen LogP contribution in [0.15, 0.2) is 39.1 Å². The molecule has 0 fully saturated rings. The minimum absolute atomic E-state index is 0.0415. The molecule has 4 rings (SSSR count). The molecule has 0 amide bonds. The molecule has 0 spiro atoms. The van der Waals surface area contributed by atoms with Crippen LogP contribution in [0.3, 0.4) is 0 Å². The summed E-state index contributed by atoms with van der Waals surface area (Å²) >= 11 is 0. The van der Waals surface area contributed by atoms with Crippen LogP contribution >= 0.6 is 0 Å². The van der Waals surface area contributed by atoms with Crippen LogP contribution in [0, 0.1) is 0 Å². The second-order valence-corrected chi connectivity index (χ2v) is 6.60. The highest BCUT2D eigenvalue weighted by molar-refractivity contribution is 5.97. The number of nitrogens with one attached hydrogen (secondary N) is 1. The minimum Gasteiger partial charge on any atom is -0.497 e. The maximum Gasteiger partial charge on any atom is 0.337 e. The second kappa shape index (κ2) is 6.29. The fraction of sp³-hybridized carbons (Fsp3) is 0.316. The van der Waals surface area contributed by atoms with E-state index in [1.807, 2.05) is 0 Å². The summed E-state index contributed by atoms with van der Waals surface area (Å²) in [6.45, 7) is 0.0415. The van der Waals surface area contributed by atoms with Gasteiger partial charge < -0.3 is 19.5 Å². The van der Waals surface area contributed by atoms with Gasteiger partial charge in [-0.1, -0.05) is 0 Å². The quantitative estimate of drug-likeness (QED) is 0.767. The van der Waals surface area contributed by atoms with Gasteiger partial charge >= 0.3 is 11.7 Å². The van der Waals surface area contributed by atoms with Crippen LogP contribution < -0.4 is 26.0 Å². The molecule has 0 aliphatic carbocycles. The number of rotatable bonds is 3. The Hall–Kier alpha value is -3.49. The molecule has 0 saturated carbocycles. The third-order valence-electron chi connectivity index (χ3n) is 5.19. The van der Waals surface area contributed by atoms with E-state index in [1.54, 1.807) is 25.2 Å². The molecule has 1 aromatic heterocycles. The van der Waals surface area contributed by atoms with E-state index >= 15 is 0 Å². The second-order valence-electron chi connectivity index (χ2n) is 6.60. The first-order valence-electron chi connectivity index (χ1n) is 8.58. The lowest BCUT2D eigenvalue weighted by Gasteiger charge is -2.29. The molecule has 1 N–H and O–H groups in total. The van der Waals surface area contributed by atoms with Gasteiger partial charge in [-0.15, -0.1) is 0 Å². The van der Waals surface area contributed by atoms with Crippen molar-refractivity contribution in [3.63, 3.8) is 0 Å². The summed E-state index contributed by atoms with van der Waals surface area (Å²) in [4.78, 5) is 38.0.